The molecule has 1 heterocycles. The molecular formula is C14H27N3. The molecule has 0 atom stereocenters. The number of aryl methyl sites for hydroxylation is 2. The van der Waals surface area contributed by atoms with E-state index < -0.39 is 0 Å². The van der Waals surface area contributed by atoms with E-state index in [0.29, 0.717) is 0 Å². The highest BCUT2D eigenvalue weighted by Crippen LogP contribution is 2.10. The molecule has 0 spiro atoms. The van der Waals surface area contributed by atoms with Crippen LogP contribution in [0.4, 0.5) is 0 Å². The van der Waals surface area contributed by atoms with E-state index in [1.165, 1.54) is 51.4 Å². The van der Waals surface area contributed by atoms with Gasteiger partial charge in [-0.05, 0) is 19.8 Å². The maximum Gasteiger partial charge on any atom is 0.0827 e. The molecule has 3 nitrogen and oxygen atoms in total. The summed E-state index contributed by atoms with van der Waals surface area (Å²) in [6.07, 6.45) is 14.1. The van der Waals surface area contributed by atoms with Crippen molar-refractivity contribution in [1.82, 2.24) is 15.0 Å². The van der Waals surface area contributed by atoms with Gasteiger partial charge in [-0.1, -0.05) is 57.1 Å². The first-order valence-corrected chi connectivity index (χ1v) is 7.25. The molecule has 0 radical (unpaired) electrons. The fourth-order valence-electron chi connectivity index (χ4n) is 2.05. The van der Waals surface area contributed by atoms with Crippen molar-refractivity contribution in [2.75, 3.05) is 0 Å². The third-order valence-electron chi connectivity index (χ3n) is 3.20. The molecule has 0 aliphatic carbocycles. The summed E-state index contributed by atoms with van der Waals surface area (Å²) in [6.45, 7) is 5.28. The highest BCUT2D eigenvalue weighted by Gasteiger charge is 1.99. The zero-order valence-electron chi connectivity index (χ0n) is 11.5. The van der Waals surface area contributed by atoms with Crippen LogP contribution in [-0.2, 0) is 13.0 Å². The van der Waals surface area contributed by atoms with Gasteiger partial charge in [-0.15, -0.1) is 5.10 Å². The second-order valence-electron chi connectivity index (χ2n) is 4.79. The van der Waals surface area contributed by atoms with Gasteiger partial charge in [0.1, 0.15) is 0 Å². The van der Waals surface area contributed by atoms with E-state index in [0.717, 1.165) is 18.7 Å². The van der Waals surface area contributed by atoms with Crippen LogP contribution in [0.5, 0.6) is 0 Å². The average Bonchev–Trinajstić information content (AvgIpc) is 2.80. The summed E-state index contributed by atoms with van der Waals surface area (Å²) in [7, 11) is 0. The van der Waals surface area contributed by atoms with E-state index in [1.54, 1.807) is 0 Å². The van der Waals surface area contributed by atoms with Gasteiger partial charge < -0.3 is 0 Å². The second-order valence-corrected chi connectivity index (χ2v) is 4.79. The molecular weight excluding hydrogens is 210 g/mol. The molecule has 0 aliphatic rings. The van der Waals surface area contributed by atoms with Crippen LogP contribution in [0.25, 0.3) is 0 Å². The minimum Gasteiger partial charge on any atom is -0.253 e. The number of nitrogens with zero attached hydrogens (tertiary/aromatic N) is 3. The van der Waals surface area contributed by atoms with Crippen molar-refractivity contribution in [1.29, 1.82) is 0 Å². The standard InChI is InChI=1S/C14H27N3/c1-3-5-6-7-8-9-10-11-12-14-13-17(4-2)16-15-14/h13H,3-12H2,1-2H3. The Kier molecular flexibility index (Phi) is 7.69. The molecule has 0 unspecified atom stereocenters. The molecule has 0 saturated heterocycles. The van der Waals surface area contributed by atoms with Crippen molar-refractivity contribution >= 4 is 0 Å². The predicted molar refractivity (Wildman–Crippen MR) is 72.0 cm³/mol. The van der Waals surface area contributed by atoms with E-state index in [1.807, 2.05) is 4.68 Å². The quantitative estimate of drug-likeness (QED) is 0.576. The number of unbranched alkanes of at least 4 members (excludes halogenated alkanes) is 7. The van der Waals surface area contributed by atoms with Crippen LogP contribution in [-0.4, -0.2) is 15.0 Å². The number of hydrogen-bond acceptors (Lipinski definition) is 2. The van der Waals surface area contributed by atoms with Gasteiger partial charge in [0.15, 0.2) is 0 Å². The van der Waals surface area contributed by atoms with Crippen LogP contribution >= 0.6 is 0 Å². The van der Waals surface area contributed by atoms with Gasteiger partial charge >= 0.3 is 0 Å². The van der Waals surface area contributed by atoms with Crippen LogP contribution in [0.3, 0.4) is 0 Å². The smallest absolute Gasteiger partial charge is 0.0827 e. The molecule has 0 fully saturated rings. The molecule has 1 rings (SSSR count). The van der Waals surface area contributed by atoms with Gasteiger partial charge in [0.2, 0.25) is 0 Å². The average molecular weight is 237 g/mol. The van der Waals surface area contributed by atoms with E-state index in [-0.39, 0.29) is 0 Å². The van der Waals surface area contributed by atoms with Gasteiger partial charge in [-0.2, -0.15) is 0 Å². The fraction of sp³-hybridized carbons (Fsp3) is 0.857. The Balaban J connectivity index is 1.93. The maximum absolute atomic E-state index is 4.16. The van der Waals surface area contributed by atoms with Crippen LogP contribution < -0.4 is 0 Å². The molecule has 17 heavy (non-hydrogen) atoms. The number of hydrogen-bond donors (Lipinski definition) is 0. The van der Waals surface area contributed by atoms with Crippen LogP contribution in [0.1, 0.15) is 70.9 Å². The number of aromatic nitrogens is 3. The van der Waals surface area contributed by atoms with E-state index in [2.05, 4.69) is 30.4 Å². The van der Waals surface area contributed by atoms with E-state index in [9.17, 15) is 0 Å². The lowest BCUT2D eigenvalue weighted by molar-refractivity contribution is 0.574. The van der Waals surface area contributed by atoms with Crippen LogP contribution in [0.15, 0.2) is 6.20 Å². The summed E-state index contributed by atoms with van der Waals surface area (Å²) < 4.78 is 1.90. The van der Waals surface area contributed by atoms with Crippen LogP contribution in [0, 0.1) is 0 Å². The van der Waals surface area contributed by atoms with Gasteiger partial charge in [-0.3, -0.25) is 4.68 Å². The Morgan fingerprint density at radius 1 is 0.941 bits per heavy atom. The first-order valence-electron chi connectivity index (χ1n) is 7.25. The summed E-state index contributed by atoms with van der Waals surface area (Å²) >= 11 is 0. The Morgan fingerprint density at radius 3 is 2.18 bits per heavy atom. The SMILES string of the molecule is CCCCCCCCCCc1cn(CC)nn1. The maximum atomic E-state index is 4.16. The molecule has 0 aliphatic heterocycles. The van der Waals surface area contributed by atoms with Crippen molar-refractivity contribution in [3.05, 3.63) is 11.9 Å². The van der Waals surface area contributed by atoms with Gasteiger partial charge in [0.05, 0.1) is 5.69 Å². The Hall–Kier alpha value is -0.860. The van der Waals surface area contributed by atoms with Gasteiger partial charge in [-0.25, -0.2) is 0 Å². The lowest BCUT2D eigenvalue weighted by Crippen LogP contribution is -1.93. The molecule has 1 aromatic heterocycles. The van der Waals surface area contributed by atoms with Crippen molar-refractivity contribution in [2.24, 2.45) is 0 Å². The van der Waals surface area contributed by atoms with Gasteiger partial charge in [0.25, 0.3) is 0 Å². The summed E-state index contributed by atoms with van der Waals surface area (Å²) in [5.74, 6) is 0. The molecule has 0 bridgehead atoms. The first kappa shape index (κ1) is 14.2. The third kappa shape index (κ3) is 6.44. The fourth-order valence-corrected chi connectivity index (χ4v) is 2.05. The van der Waals surface area contributed by atoms with Crippen molar-refractivity contribution in [2.45, 2.75) is 78.2 Å². The second kappa shape index (κ2) is 9.20. The summed E-state index contributed by atoms with van der Waals surface area (Å²) in [6, 6.07) is 0. The third-order valence-corrected chi connectivity index (χ3v) is 3.20. The molecule has 0 saturated carbocycles. The summed E-state index contributed by atoms with van der Waals surface area (Å²) in [5.41, 5.74) is 1.15. The lowest BCUT2D eigenvalue weighted by atomic mass is 10.1. The van der Waals surface area contributed by atoms with Crippen molar-refractivity contribution in [3.63, 3.8) is 0 Å². The highest BCUT2D eigenvalue weighted by molar-refractivity contribution is 4.91. The van der Waals surface area contributed by atoms with Crippen molar-refractivity contribution in [3.8, 4) is 0 Å². The molecule has 0 amide bonds. The van der Waals surface area contributed by atoms with Gasteiger partial charge in [0, 0.05) is 12.7 Å². The number of rotatable bonds is 10. The minimum atomic E-state index is 0.921. The van der Waals surface area contributed by atoms with E-state index in [4.69, 9.17) is 0 Å². The monoisotopic (exact) mass is 237 g/mol. The van der Waals surface area contributed by atoms with E-state index >= 15 is 0 Å². The zero-order chi connectivity index (χ0) is 12.3. The lowest BCUT2D eigenvalue weighted by Gasteiger charge is -2.00. The zero-order valence-corrected chi connectivity index (χ0v) is 11.5. The molecule has 3 heteroatoms. The topological polar surface area (TPSA) is 30.7 Å². The molecule has 98 valence electrons. The Bertz CT molecular complexity index is 281. The largest absolute Gasteiger partial charge is 0.253 e. The Labute approximate surface area is 106 Å². The summed E-state index contributed by atoms with van der Waals surface area (Å²) in [5, 5.41) is 8.21. The minimum absolute atomic E-state index is 0.921. The van der Waals surface area contributed by atoms with Crippen molar-refractivity contribution < 1.29 is 0 Å². The highest BCUT2D eigenvalue weighted by atomic mass is 15.4. The molecule has 0 aromatic carbocycles. The normalized spacial score (nSPS) is 10.9. The molecule has 0 N–H and O–H groups in total. The predicted octanol–water partition coefficient (Wildman–Crippen LogP) is 3.98. The first-order chi connectivity index (χ1) is 8.36. The molecule has 1 aromatic rings. The van der Waals surface area contributed by atoms with Crippen LogP contribution in [0.2, 0.25) is 0 Å². The summed E-state index contributed by atoms with van der Waals surface area (Å²) in [4.78, 5) is 0. The Morgan fingerprint density at radius 2 is 1.59 bits per heavy atom.